The molecule has 0 spiro atoms. The second-order valence-electron chi connectivity index (χ2n) is 7.90. The van der Waals surface area contributed by atoms with E-state index in [1.54, 1.807) is 0 Å². The van der Waals surface area contributed by atoms with Crippen molar-refractivity contribution in [3.8, 4) is 5.75 Å². The predicted octanol–water partition coefficient (Wildman–Crippen LogP) is 2.88. The molecule has 3 saturated heterocycles. The highest BCUT2D eigenvalue weighted by atomic mass is 16.5. The summed E-state index contributed by atoms with van der Waals surface area (Å²) in [5.74, 6) is 1.83. The molecule has 5 rings (SSSR count). The highest BCUT2D eigenvalue weighted by Gasteiger charge is 2.33. The van der Waals surface area contributed by atoms with Crippen molar-refractivity contribution in [1.82, 2.24) is 19.4 Å². The van der Waals surface area contributed by atoms with Gasteiger partial charge in [0, 0.05) is 51.2 Å². The van der Waals surface area contributed by atoms with Crippen molar-refractivity contribution < 1.29 is 4.74 Å². The van der Waals surface area contributed by atoms with Gasteiger partial charge in [-0.05, 0) is 49.9 Å². The van der Waals surface area contributed by atoms with E-state index in [9.17, 15) is 0 Å². The van der Waals surface area contributed by atoms with Gasteiger partial charge in [-0.15, -0.1) is 0 Å². The topological polar surface area (TPSA) is 33.5 Å². The van der Waals surface area contributed by atoms with Crippen molar-refractivity contribution in [3.63, 3.8) is 0 Å². The van der Waals surface area contributed by atoms with Crippen molar-refractivity contribution in [2.24, 2.45) is 5.92 Å². The Morgan fingerprint density at radius 3 is 3.04 bits per heavy atom. The van der Waals surface area contributed by atoms with Gasteiger partial charge in [0.25, 0.3) is 0 Å². The molecule has 0 aliphatic carbocycles. The fourth-order valence-corrected chi connectivity index (χ4v) is 4.43. The lowest BCUT2D eigenvalue weighted by atomic mass is 9.94. The molecule has 0 saturated carbocycles. The molecule has 26 heavy (non-hydrogen) atoms. The molecule has 4 heterocycles. The standard InChI is InChI=1S/C21H30N4O/c1-23-13-19-6-7-20(16-23)25(15-19)14-18-4-2-5-21(12-18)26-11-3-9-24-10-8-22-17-24/h2,4-5,8,10,12,17,19-20H,3,6-7,9,11,13-16H2,1H3/t19-,20+/m0/s1. The number of hydrogen-bond acceptors (Lipinski definition) is 4. The van der Waals surface area contributed by atoms with E-state index in [1.807, 2.05) is 18.7 Å². The van der Waals surface area contributed by atoms with Gasteiger partial charge >= 0.3 is 0 Å². The van der Waals surface area contributed by atoms with Crippen LogP contribution in [0.25, 0.3) is 0 Å². The lowest BCUT2D eigenvalue weighted by Gasteiger charge is -2.36. The van der Waals surface area contributed by atoms with Gasteiger partial charge in [0.15, 0.2) is 0 Å². The number of fused-ring (bicyclic) bond motifs is 4. The number of rotatable bonds is 7. The van der Waals surface area contributed by atoms with E-state index in [2.05, 4.69) is 50.7 Å². The second-order valence-corrected chi connectivity index (χ2v) is 7.90. The van der Waals surface area contributed by atoms with Crippen LogP contribution in [-0.4, -0.2) is 58.7 Å². The number of ether oxygens (including phenoxy) is 1. The summed E-state index contributed by atoms with van der Waals surface area (Å²) in [6, 6.07) is 9.37. The zero-order valence-electron chi connectivity index (χ0n) is 15.8. The van der Waals surface area contributed by atoms with Crippen LogP contribution in [0.3, 0.4) is 0 Å². The van der Waals surface area contributed by atoms with Crippen LogP contribution < -0.4 is 4.74 Å². The van der Waals surface area contributed by atoms with Crippen LogP contribution >= 0.6 is 0 Å². The fraction of sp³-hybridized carbons (Fsp3) is 0.571. The molecular formula is C21H30N4O. The number of nitrogens with zero attached hydrogens (tertiary/aromatic N) is 4. The molecule has 3 fully saturated rings. The number of aromatic nitrogens is 2. The van der Waals surface area contributed by atoms with Crippen LogP contribution in [0.5, 0.6) is 5.75 Å². The maximum atomic E-state index is 5.98. The van der Waals surface area contributed by atoms with E-state index in [4.69, 9.17) is 4.74 Å². The van der Waals surface area contributed by atoms with E-state index < -0.39 is 0 Å². The normalized spacial score (nSPS) is 23.9. The van der Waals surface area contributed by atoms with Crippen LogP contribution in [0.1, 0.15) is 24.8 Å². The molecule has 1 aromatic carbocycles. The highest BCUT2D eigenvalue weighted by Crippen LogP contribution is 2.29. The third-order valence-electron chi connectivity index (χ3n) is 5.68. The molecule has 1 aromatic heterocycles. The third-order valence-corrected chi connectivity index (χ3v) is 5.68. The summed E-state index contributed by atoms with van der Waals surface area (Å²) in [5, 5.41) is 0. The Kier molecular flexibility index (Phi) is 5.56. The molecule has 0 radical (unpaired) electrons. The molecule has 5 nitrogen and oxygen atoms in total. The number of piperidine rings is 1. The Balaban J connectivity index is 1.30. The predicted molar refractivity (Wildman–Crippen MR) is 103 cm³/mol. The molecule has 0 N–H and O–H groups in total. The molecule has 3 aliphatic heterocycles. The minimum absolute atomic E-state index is 0.707. The summed E-state index contributed by atoms with van der Waals surface area (Å²) >= 11 is 0. The second kappa shape index (κ2) is 8.23. The quantitative estimate of drug-likeness (QED) is 0.716. The largest absolute Gasteiger partial charge is 0.494 e. The number of benzene rings is 1. The van der Waals surface area contributed by atoms with E-state index in [0.29, 0.717) is 6.04 Å². The van der Waals surface area contributed by atoms with Gasteiger partial charge in [0.05, 0.1) is 12.9 Å². The SMILES string of the molecule is CN1C[C@@H]2CC[C@H](C1)N(Cc1cccc(OCCCn3ccnc3)c1)C2. The first kappa shape index (κ1) is 17.6. The van der Waals surface area contributed by atoms with Crippen LogP contribution in [-0.2, 0) is 13.1 Å². The number of likely N-dealkylation sites (N-methyl/N-ethyl adjacent to an activating group) is 1. The monoisotopic (exact) mass is 354 g/mol. The Morgan fingerprint density at radius 1 is 1.19 bits per heavy atom. The third kappa shape index (κ3) is 4.46. The number of imidazole rings is 1. The van der Waals surface area contributed by atoms with Crippen molar-refractivity contribution in [3.05, 3.63) is 48.5 Å². The summed E-state index contributed by atoms with van der Waals surface area (Å²) in [5.41, 5.74) is 1.37. The Bertz CT molecular complexity index is 687. The first-order valence-corrected chi connectivity index (χ1v) is 9.86. The van der Waals surface area contributed by atoms with E-state index in [0.717, 1.165) is 37.8 Å². The maximum Gasteiger partial charge on any atom is 0.119 e. The van der Waals surface area contributed by atoms with Crippen LogP contribution in [0.4, 0.5) is 0 Å². The summed E-state index contributed by atoms with van der Waals surface area (Å²) in [7, 11) is 2.27. The number of aryl methyl sites for hydroxylation is 1. The molecule has 2 aromatic rings. The maximum absolute atomic E-state index is 5.98. The fourth-order valence-electron chi connectivity index (χ4n) is 4.43. The van der Waals surface area contributed by atoms with E-state index in [-0.39, 0.29) is 0 Å². The van der Waals surface area contributed by atoms with Gasteiger partial charge in [-0.25, -0.2) is 4.98 Å². The minimum Gasteiger partial charge on any atom is -0.494 e. The van der Waals surface area contributed by atoms with E-state index in [1.165, 1.54) is 38.0 Å². The average molecular weight is 354 g/mol. The van der Waals surface area contributed by atoms with Crippen LogP contribution in [0.2, 0.25) is 0 Å². The smallest absolute Gasteiger partial charge is 0.119 e. The highest BCUT2D eigenvalue weighted by molar-refractivity contribution is 5.28. The molecule has 140 valence electrons. The molecular weight excluding hydrogens is 324 g/mol. The van der Waals surface area contributed by atoms with Gasteiger partial charge in [-0.1, -0.05) is 12.1 Å². The first-order valence-electron chi connectivity index (χ1n) is 9.86. The molecule has 2 bridgehead atoms. The molecule has 3 aliphatic rings. The average Bonchev–Trinajstić information content (AvgIpc) is 3.02. The first-order chi connectivity index (χ1) is 12.8. The molecule has 0 amide bonds. The zero-order chi connectivity index (χ0) is 17.8. The van der Waals surface area contributed by atoms with Crippen LogP contribution in [0.15, 0.2) is 43.0 Å². The van der Waals surface area contributed by atoms with Gasteiger partial charge in [-0.2, -0.15) is 0 Å². The van der Waals surface area contributed by atoms with Crippen molar-refractivity contribution in [2.75, 3.05) is 33.3 Å². The van der Waals surface area contributed by atoms with Crippen LogP contribution in [0, 0.1) is 5.92 Å². The zero-order valence-corrected chi connectivity index (χ0v) is 15.8. The summed E-state index contributed by atoms with van der Waals surface area (Å²) < 4.78 is 8.07. The minimum atomic E-state index is 0.707. The molecule has 5 heteroatoms. The molecule has 0 unspecified atom stereocenters. The van der Waals surface area contributed by atoms with E-state index >= 15 is 0 Å². The molecule has 2 atom stereocenters. The van der Waals surface area contributed by atoms with Gasteiger partial charge in [0.2, 0.25) is 0 Å². The van der Waals surface area contributed by atoms with Crippen molar-refractivity contribution in [1.29, 1.82) is 0 Å². The van der Waals surface area contributed by atoms with Crippen molar-refractivity contribution >= 4 is 0 Å². The Labute approximate surface area is 156 Å². The summed E-state index contributed by atoms with van der Waals surface area (Å²) in [4.78, 5) is 9.27. The lowest BCUT2D eigenvalue weighted by Crippen LogP contribution is -2.43. The Morgan fingerprint density at radius 2 is 2.15 bits per heavy atom. The van der Waals surface area contributed by atoms with Gasteiger partial charge < -0.3 is 14.2 Å². The summed E-state index contributed by atoms with van der Waals surface area (Å²) in [6.07, 6.45) is 9.39. The summed E-state index contributed by atoms with van der Waals surface area (Å²) in [6.45, 7) is 6.44. The number of hydrogen-bond donors (Lipinski definition) is 0. The lowest BCUT2D eigenvalue weighted by molar-refractivity contribution is 0.124. The Hall–Kier alpha value is -1.85. The van der Waals surface area contributed by atoms with Gasteiger partial charge in [0.1, 0.15) is 5.75 Å². The van der Waals surface area contributed by atoms with Crippen molar-refractivity contribution in [2.45, 2.75) is 38.4 Å². The van der Waals surface area contributed by atoms with Gasteiger partial charge in [-0.3, -0.25) is 4.90 Å².